The third-order valence-electron chi connectivity index (χ3n) is 5.02. The Kier molecular flexibility index (Phi) is 2.96. The fraction of sp³-hybridized carbons (Fsp3) is 0.238. The molecule has 0 N–H and O–H groups in total. The maximum atomic E-state index is 5.00. The SMILES string of the molecule is Cc1cccc(-c2nc3n(c2-c2ccc4c(c2)N=CC4)CCC3)c1. The van der Waals surface area contributed by atoms with E-state index in [0.717, 1.165) is 30.8 Å². The number of hydrogen-bond acceptors (Lipinski definition) is 2. The summed E-state index contributed by atoms with van der Waals surface area (Å²) in [6.45, 7) is 3.20. The van der Waals surface area contributed by atoms with E-state index in [4.69, 9.17) is 4.98 Å². The first kappa shape index (κ1) is 13.7. The normalized spacial score (nSPS) is 14.9. The van der Waals surface area contributed by atoms with Crippen molar-refractivity contribution >= 4 is 11.9 Å². The van der Waals surface area contributed by atoms with Crippen molar-refractivity contribution in [3.63, 3.8) is 0 Å². The fourth-order valence-electron chi connectivity index (χ4n) is 3.86. The lowest BCUT2D eigenvalue weighted by atomic mass is 10.0. The lowest BCUT2D eigenvalue weighted by Crippen LogP contribution is -1.96. The molecule has 3 heteroatoms. The zero-order valence-electron chi connectivity index (χ0n) is 13.8. The number of rotatable bonds is 2. The Bertz CT molecular complexity index is 979. The Morgan fingerprint density at radius 1 is 1.04 bits per heavy atom. The molecule has 3 nitrogen and oxygen atoms in total. The molecule has 0 saturated heterocycles. The molecule has 0 amide bonds. The molecule has 0 aliphatic carbocycles. The van der Waals surface area contributed by atoms with Crippen molar-refractivity contribution in [2.24, 2.45) is 4.99 Å². The highest BCUT2D eigenvalue weighted by Crippen LogP contribution is 2.38. The molecule has 3 heterocycles. The predicted octanol–water partition coefficient (Wildman–Crippen LogP) is 4.73. The molecular formula is C21H19N3. The van der Waals surface area contributed by atoms with E-state index >= 15 is 0 Å². The van der Waals surface area contributed by atoms with Gasteiger partial charge in [-0.05, 0) is 31.0 Å². The molecule has 0 saturated carbocycles. The van der Waals surface area contributed by atoms with E-state index in [1.807, 2.05) is 6.21 Å². The Labute approximate surface area is 141 Å². The zero-order valence-corrected chi connectivity index (χ0v) is 13.8. The van der Waals surface area contributed by atoms with Crippen LogP contribution in [-0.2, 0) is 19.4 Å². The first-order valence-electron chi connectivity index (χ1n) is 8.62. The molecule has 5 rings (SSSR count). The molecule has 0 spiro atoms. The summed E-state index contributed by atoms with van der Waals surface area (Å²) in [7, 11) is 0. The van der Waals surface area contributed by atoms with E-state index in [0.29, 0.717) is 0 Å². The lowest BCUT2D eigenvalue weighted by molar-refractivity contribution is 0.756. The fourth-order valence-corrected chi connectivity index (χ4v) is 3.86. The van der Waals surface area contributed by atoms with Gasteiger partial charge in [-0.2, -0.15) is 0 Å². The van der Waals surface area contributed by atoms with Crippen LogP contribution in [0.4, 0.5) is 5.69 Å². The Morgan fingerprint density at radius 3 is 2.92 bits per heavy atom. The summed E-state index contributed by atoms with van der Waals surface area (Å²) < 4.78 is 2.40. The van der Waals surface area contributed by atoms with Crippen molar-refractivity contribution in [2.45, 2.75) is 32.7 Å². The van der Waals surface area contributed by atoms with Crippen LogP contribution in [0.15, 0.2) is 47.5 Å². The van der Waals surface area contributed by atoms with Gasteiger partial charge in [0.1, 0.15) is 5.82 Å². The van der Waals surface area contributed by atoms with Crippen LogP contribution in [0.5, 0.6) is 0 Å². The van der Waals surface area contributed by atoms with Crippen LogP contribution in [0.2, 0.25) is 0 Å². The minimum Gasteiger partial charge on any atom is -0.327 e. The number of aryl methyl sites for hydroxylation is 2. The zero-order chi connectivity index (χ0) is 16.1. The minimum absolute atomic E-state index is 0.949. The highest BCUT2D eigenvalue weighted by Gasteiger charge is 2.24. The molecule has 3 aromatic rings. The van der Waals surface area contributed by atoms with Gasteiger partial charge in [-0.3, -0.25) is 4.99 Å². The van der Waals surface area contributed by atoms with E-state index < -0.39 is 0 Å². The Balaban J connectivity index is 1.74. The highest BCUT2D eigenvalue weighted by atomic mass is 15.1. The standard InChI is InChI=1S/C21H19N3/c1-14-4-2-5-16(12-14)20-21(24-11-3-6-19(24)23-20)17-8-7-15-9-10-22-18(15)13-17/h2,4-5,7-8,10,12-13H,3,6,9,11H2,1H3. The second-order valence-corrected chi connectivity index (χ2v) is 6.71. The van der Waals surface area contributed by atoms with E-state index in [1.165, 1.54) is 40.2 Å². The summed E-state index contributed by atoms with van der Waals surface area (Å²) >= 11 is 0. The average molecular weight is 313 g/mol. The largest absolute Gasteiger partial charge is 0.327 e. The average Bonchev–Trinajstić information content (AvgIpc) is 3.29. The summed E-state index contributed by atoms with van der Waals surface area (Å²) in [5, 5.41) is 0. The van der Waals surface area contributed by atoms with Crippen LogP contribution in [0, 0.1) is 6.92 Å². The smallest absolute Gasteiger partial charge is 0.109 e. The van der Waals surface area contributed by atoms with Crippen LogP contribution in [0.3, 0.4) is 0 Å². The van der Waals surface area contributed by atoms with Gasteiger partial charge in [0.05, 0.1) is 17.1 Å². The molecule has 1 aromatic heterocycles. The quantitative estimate of drug-likeness (QED) is 0.672. The van der Waals surface area contributed by atoms with Gasteiger partial charge in [0.2, 0.25) is 0 Å². The highest BCUT2D eigenvalue weighted by molar-refractivity contribution is 5.84. The number of hydrogen-bond donors (Lipinski definition) is 0. The summed E-state index contributed by atoms with van der Waals surface area (Å²) in [5.74, 6) is 1.21. The van der Waals surface area contributed by atoms with Crippen LogP contribution in [0.25, 0.3) is 22.5 Å². The van der Waals surface area contributed by atoms with Crippen molar-refractivity contribution in [3.8, 4) is 22.5 Å². The monoisotopic (exact) mass is 313 g/mol. The van der Waals surface area contributed by atoms with Crippen LogP contribution >= 0.6 is 0 Å². The van der Waals surface area contributed by atoms with Gasteiger partial charge in [-0.25, -0.2) is 4.98 Å². The molecule has 118 valence electrons. The Morgan fingerprint density at radius 2 is 2.00 bits per heavy atom. The van der Waals surface area contributed by atoms with Crippen LogP contribution < -0.4 is 0 Å². The van der Waals surface area contributed by atoms with E-state index in [-0.39, 0.29) is 0 Å². The van der Waals surface area contributed by atoms with E-state index in [1.54, 1.807) is 0 Å². The first-order chi connectivity index (χ1) is 11.8. The van der Waals surface area contributed by atoms with Gasteiger partial charge in [-0.1, -0.05) is 35.9 Å². The molecule has 2 aliphatic heterocycles. The van der Waals surface area contributed by atoms with Crippen LogP contribution in [-0.4, -0.2) is 15.8 Å². The van der Waals surface area contributed by atoms with Crippen molar-refractivity contribution in [1.29, 1.82) is 0 Å². The van der Waals surface area contributed by atoms with Gasteiger partial charge in [0.15, 0.2) is 0 Å². The summed E-state index contributed by atoms with van der Waals surface area (Å²) in [6, 6.07) is 15.3. The topological polar surface area (TPSA) is 30.2 Å². The molecule has 0 radical (unpaired) electrons. The second kappa shape index (κ2) is 5.17. The summed E-state index contributed by atoms with van der Waals surface area (Å²) in [6.07, 6.45) is 5.20. The maximum Gasteiger partial charge on any atom is 0.109 e. The molecule has 2 aromatic carbocycles. The number of nitrogens with zero attached hydrogens (tertiary/aromatic N) is 3. The summed E-state index contributed by atoms with van der Waals surface area (Å²) in [5.41, 5.74) is 8.48. The van der Waals surface area contributed by atoms with Gasteiger partial charge < -0.3 is 4.57 Å². The third kappa shape index (κ3) is 2.04. The molecule has 2 aliphatic rings. The number of fused-ring (bicyclic) bond motifs is 2. The number of imidazole rings is 1. The van der Waals surface area contributed by atoms with Crippen molar-refractivity contribution in [2.75, 3.05) is 0 Å². The number of benzene rings is 2. The van der Waals surface area contributed by atoms with Gasteiger partial charge in [-0.15, -0.1) is 0 Å². The molecule has 0 bridgehead atoms. The number of aliphatic imine (C=N–C) groups is 1. The molecule has 0 fully saturated rings. The predicted molar refractivity (Wildman–Crippen MR) is 98.0 cm³/mol. The summed E-state index contributed by atoms with van der Waals surface area (Å²) in [4.78, 5) is 9.52. The molecule has 24 heavy (non-hydrogen) atoms. The van der Waals surface area contributed by atoms with E-state index in [2.05, 4.69) is 58.9 Å². The van der Waals surface area contributed by atoms with E-state index in [9.17, 15) is 0 Å². The third-order valence-corrected chi connectivity index (χ3v) is 5.02. The number of aromatic nitrogens is 2. The van der Waals surface area contributed by atoms with Crippen LogP contribution in [0.1, 0.15) is 23.4 Å². The van der Waals surface area contributed by atoms with Crippen molar-refractivity contribution < 1.29 is 0 Å². The second-order valence-electron chi connectivity index (χ2n) is 6.71. The Hall–Kier alpha value is -2.68. The lowest BCUT2D eigenvalue weighted by Gasteiger charge is -2.10. The molecular weight excluding hydrogens is 294 g/mol. The minimum atomic E-state index is 0.949. The molecule has 0 atom stereocenters. The first-order valence-corrected chi connectivity index (χ1v) is 8.62. The van der Waals surface area contributed by atoms with Crippen molar-refractivity contribution in [3.05, 3.63) is 59.4 Å². The van der Waals surface area contributed by atoms with Gasteiger partial charge in [0.25, 0.3) is 0 Å². The van der Waals surface area contributed by atoms with Gasteiger partial charge in [0, 0.05) is 36.7 Å². The maximum absolute atomic E-state index is 5.00. The van der Waals surface area contributed by atoms with Crippen molar-refractivity contribution in [1.82, 2.24) is 9.55 Å². The van der Waals surface area contributed by atoms with Gasteiger partial charge >= 0.3 is 0 Å². The molecule has 0 unspecified atom stereocenters.